The Bertz CT molecular complexity index is 609. The molecule has 1 aromatic rings. The molecule has 1 aromatic carbocycles. The Morgan fingerprint density at radius 1 is 1.33 bits per heavy atom. The number of benzene rings is 1. The molecule has 0 fully saturated rings. The molecule has 0 aliphatic carbocycles. The Hall–Kier alpha value is -1.44. The number of hydrogen-bond donors (Lipinski definition) is 2. The zero-order valence-corrected chi connectivity index (χ0v) is 13.6. The fraction of sp³-hybridized carbons (Fsp3) is 0.500. The average Bonchev–Trinajstić information content (AvgIpc) is 2.37. The van der Waals surface area contributed by atoms with Crippen molar-refractivity contribution in [2.75, 3.05) is 27.2 Å². The SMILES string of the molecule is CC(C)c1ccc(C(=O)O)cc1S(=O)(=O)NCCN(C)C. The Morgan fingerprint density at radius 3 is 2.43 bits per heavy atom. The molecule has 6 nitrogen and oxygen atoms in total. The van der Waals surface area contributed by atoms with E-state index >= 15 is 0 Å². The number of sulfonamides is 1. The first-order valence-electron chi connectivity index (χ1n) is 6.66. The maximum atomic E-state index is 12.4. The zero-order chi connectivity index (χ0) is 16.2. The summed E-state index contributed by atoms with van der Waals surface area (Å²) in [5.41, 5.74) is 0.574. The molecule has 0 aliphatic rings. The van der Waals surface area contributed by atoms with Gasteiger partial charge in [-0.1, -0.05) is 19.9 Å². The lowest BCUT2D eigenvalue weighted by Crippen LogP contribution is -2.32. The van der Waals surface area contributed by atoms with Crippen LogP contribution in [0, 0.1) is 0 Å². The van der Waals surface area contributed by atoms with Crippen LogP contribution in [0.5, 0.6) is 0 Å². The van der Waals surface area contributed by atoms with Crippen molar-refractivity contribution < 1.29 is 18.3 Å². The van der Waals surface area contributed by atoms with E-state index in [1.165, 1.54) is 12.1 Å². The monoisotopic (exact) mass is 314 g/mol. The zero-order valence-electron chi connectivity index (χ0n) is 12.8. The van der Waals surface area contributed by atoms with Crippen LogP contribution in [0.15, 0.2) is 23.1 Å². The summed E-state index contributed by atoms with van der Waals surface area (Å²) in [4.78, 5) is 12.9. The van der Waals surface area contributed by atoms with Crippen LogP contribution in [-0.4, -0.2) is 51.6 Å². The van der Waals surface area contributed by atoms with Crippen LogP contribution in [0.3, 0.4) is 0 Å². The molecule has 0 saturated carbocycles. The first-order chi connectivity index (χ1) is 9.65. The van der Waals surface area contributed by atoms with Crippen molar-refractivity contribution in [2.45, 2.75) is 24.7 Å². The van der Waals surface area contributed by atoms with Crippen molar-refractivity contribution in [3.63, 3.8) is 0 Å². The molecule has 0 aliphatic heterocycles. The Balaban J connectivity index is 3.18. The van der Waals surface area contributed by atoms with E-state index < -0.39 is 16.0 Å². The molecule has 21 heavy (non-hydrogen) atoms. The molecular weight excluding hydrogens is 292 g/mol. The van der Waals surface area contributed by atoms with Gasteiger partial charge in [0.1, 0.15) is 0 Å². The molecule has 0 aromatic heterocycles. The van der Waals surface area contributed by atoms with E-state index in [4.69, 9.17) is 5.11 Å². The molecule has 7 heteroatoms. The molecule has 118 valence electrons. The predicted octanol–water partition coefficient (Wildman–Crippen LogP) is 1.35. The summed E-state index contributed by atoms with van der Waals surface area (Å²) in [7, 11) is -0.0354. The minimum Gasteiger partial charge on any atom is -0.478 e. The van der Waals surface area contributed by atoms with E-state index in [1.54, 1.807) is 6.07 Å². The Morgan fingerprint density at radius 2 is 1.95 bits per heavy atom. The molecule has 0 heterocycles. The molecule has 0 spiro atoms. The number of nitrogens with one attached hydrogen (secondary N) is 1. The van der Waals surface area contributed by atoms with E-state index in [9.17, 15) is 13.2 Å². The summed E-state index contributed by atoms with van der Waals surface area (Å²) >= 11 is 0. The number of carboxylic acids is 1. The number of aromatic carboxylic acids is 1. The summed E-state index contributed by atoms with van der Waals surface area (Å²) in [6.45, 7) is 4.57. The van der Waals surface area contributed by atoms with Crippen molar-refractivity contribution in [1.82, 2.24) is 9.62 Å². The lowest BCUT2D eigenvalue weighted by molar-refractivity contribution is 0.0696. The predicted molar refractivity (Wildman–Crippen MR) is 81.2 cm³/mol. The van der Waals surface area contributed by atoms with Gasteiger partial charge in [-0.05, 0) is 37.7 Å². The molecule has 0 bridgehead atoms. The van der Waals surface area contributed by atoms with Gasteiger partial charge in [-0.15, -0.1) is 0 Å². The first kappa shape index (κ1) is 17.6. The smallest absolute Gasteiger partial charge is 0.335 e. The Kier molecular flexibility index (Phi) is 5.88. The summed E-state index contributed by atoms with van der Waals surface area (Å²) in [6.07, 6.45) is 0. The fourth-order valence-electron chi connectivity index (χ4n) is 1.86. The number of nitrogens with zero attached hydrogens (tertiary/aromatic N) is 1. The van der Waals surface area contributed by atoms with Crippen LogP contribution in [0.25, 0.3) is 0 Å². The lowest BCUT2D eigenvalue weighted by atomic mass is 10.0. The number of carboxylic acid groups (broad SMARTS) is 1. The lowest BCUT2D eigenvalue weighted by Gasteiger charge is -2.16. The molecule has 1 rings (SSSR count). The van der Waals surface area contributed by atoms with Crippen LogP contribution in [0.1, 0.15) is 35.7 Å². The summed E-state index contributed by atoms with van der Waals surface area (Å²) in [5.74, 6) is -1.16. The maximum Gasteiger partial charge on any atom is 0.335 e. The van der Waals surface area contributed by atoms with Gasteiger partial charge < -0.3 is 10.0 Å². The second-order valence-electron chi connectivity index (χ2n) is 5.41. The minimum atomic E-state index is -3.73. The third kappa shape index (κ3) is 4.80. The normalized spacial score (nSPS) is 12.1. The van der Waals surface area contributed by atoms with Gasteiger partial charge in [-0.3, -0.25) is 0 Å². The van der Waals surface area contributed by atoms with Crippen molar-refractivity contribution >= 4 is 16.0 Å². The second kappa shape index (κ2) is 7.02. The van der Waals surface area contributed by atoms with Gasteiger partial charge >= 0.3 is 5.97 Å². The Labute approximate surface area is 125 Å². The summed E-state index contributed by atoms with van der Waals surface area (Å²) in [6, 6.07) is 4.21. The molecule has 0 unspecified atom stereocenters. The standard InChI is InChI=1S/C14H22N2O4S/c1-10(2)12-6-5-11(14(17)18)9-13(12)21(19,20)15-7-8-16(3)4/h5-6,9-10,15H,7-8H2,1-4H3,(H,17,18). The van der Waals surface area contributed by atoms with Crippen LogP contribution in [-0.2, 0) is 10.0 Å². The minimum absolute atomic E-state index is 0.0201. The highest BCUT2D eigenvalue weighted by atomic mass is 32.2. The quantitative estimate of drug-likeness (QED) is 0.793. The van der Waals surface area contributed by atoms with Gasteiger partial charge in [-0.2, -0.15) is 0 Å². The van der Waals surface area contributed by atoms with E-state index in [2.05, 4.69) is 4.72 Å². The number of carbonyl (C=O) groups is 1. The van der Waals surface area contributed by atoms with E-state index in [0.717, 1.165) is 0 Å². The van der Waals surface area contributed by atoms with Gasteiger partial charge in [0, 0.05) is 13.1 Å². The maximum absolute atomic E-state index is 12.4. The van der Waals surface area contributed by atoms with Gasteiger partial charge in [0.2, 0.25) is 10.0 Å². The highest BCUT2D eigenvalue weighted by Gasteiger charge is 2.21. The van der Waals surface area contributed by atoms with Crippen LogP contribution < -0.4 is 4.72 Å². The topological polar surface area (TPSA) is 86.7 Å². The molecule has 0 saturated heterocycles. The van der Waals surface area contributed by atoms with Crippen LogP contribution in [0.2, 0.25) is 0 Å². The van der Waals surface area contributed by atoms with E-state index in [0.29, 0.717) is 12.1 Å². The molecular formula is C14H22N2O4S. The third-order valence-electron chi connectivity index (χ3n) is 3.02. The second-order valence-corrected chi connectivity index (χ2v) is 7.15. The number of likely N-dealkylation sites (N-methyl/N-ethyl adjacent to an activating group) is 1. The van der Waals surface area contributed by atoms with E-state index in [-0.39, 0.29) is 22.9 Å². The molecule has 0 atom stereocenters. The van der Waals surface area contributed by atoms with Gasteiger partial charge in [-0.25, -0.2) is 17.9 Å². The van der Waals surface area contributed by atoms with Crippen LogP contribution >= 0.6 is 0 Å². The van der Waals surface area contributed by atoms with E-state index in [1.807, 2.05) is 32.8 Å². The van der Waals surface area contributed by atoms with Crippen molar-refractivity contribution in [1.29, 1.82) is 0 Å². The molecule has 2 N–H and O–H groups in total. The van der Waals surface area contributed by atoms with Gasteiger partial charge in [0.15, 0.2) is 0 Å². The summed E-state index contributed by atoms with van der Waals surface area (Å²) in [5, 5.41) is 9.03. The molecule has 0 radical (unpaired) electrons. The highest BCUT2D eigenvalue weighted by molar-refractivity contribution is 7.89. The third-order valence-corrected chi connectivity index (χ3v) is 4.54. The number of hydrogen-bond acceptors (Lipinski definition) is 4. The van der Waals surface area contributed by atoms with Crippen LogP contribution in [0.4, 0.5) is 0 Å². The highest BCUT2D eigenvalue weighted by Crippen LogP contribution is 2.25. The fourth-order valence-corrected chi connectivity index (χ4v) is 3.27. The average molecular weight is 314 g/mol. The number of rotatable bonds is 7. The van der Waals surface area contributed by atoms with Gasteiger partial charge in [0.05, 0.1) is 10.5 Å². The van der Waals surface area contributed by atoms with Crippen molar-refractivity contribution in [3.8, 4) is 0 Å². The van der Waals surface area contributed by atoms with Crippen molar-refractivity contribution in [3.05, 3.63) is 29.3 Å². The summed E-state index contributed by atoms with van der Waals surface area (Å²) < 4.78 is 27.3. The molecule has 0 amide bonds. The first-order valence-corrected chi connectivity index (χ1v) is 8.15. The largest absolute Gasteiger partial charge is 0.478 e. The van der Waals surface area contributed by atoms with Crippen molar-refractivity contribution in [2.24, 2.45) is 0 Å². The van der Waals surface area contributed by atoms with Gasteiger partial charge in [0.25, 0.3) is 0 Å².